The molecule has 49 heavy (non-hydrogen) atoms. The van der Waals surface area contributed by atoms with Crippen LogP contribution in [0.4, 0.5) is 13.2 Å². The van der Waals surface area contributed by atoms with Gasteiger partial charge < -0.3 is 0 Å². The summed E-state index contributed by atoms with van der Waals surface area (Å²) in [5.74, 6) is 0. The molecule has 0 saturated heterocycles. The first kappa shape index (κ1) is 33.9. The van der Waals surface area contributed by atoms with Crippen molar-refractivity contribution in [2.24, 2.45) is 0 Å². The summed E-state index contributed by atoms with van der Waals surface area (Å²) in [4.78, 5) is -1.13. The van der Waals surface area contributed by atoms with Gasteiger partial charge in [-0.25, -0.2) is 0 Å². The number of halogens is 3. The number of alkyl halides is 3. The van der Waals surface area contributed by atoms with E-state index in [1.54, 1.807) is 0 Å². The standard InChI is InChI=1S/C35H30.C7H5F3O3S/c1-35(2,3)28-20-18-26(19-21-28)34-32-22-27-16-10-11-17-29(27)31(32)23-30(24-12-6-4-7-13-24)33(34)25-14-8-5-9-15-25;8-7(9,10)5-3-1-2-4-6(5)14(11,12)13/h4-21,23H,22H2,1-3H3;1-4H,(H,11,12,13). The van der Waals surface area contributed by atoms with Gasteiger partial charge in [0.2, 0.25) is 0 Å². The van der Waals surface area contributed by atoms with E-state index < -0.39 is 26.8 Å². The topological polar surface area (TPSA) is 54.4 Å². The first-order chi connectivity index (χ1) is 23.2. The van der Waals surface area contributed by atoms with E-state index in [1.807, 2.05) is 0 Å². The maximum Gasteiger partial charge on any atom is 0.417 e. The van der Waals surface area contributed by atoms with Gasteiger partial charge in [0.25, 0.3) is 10.1 Å². The third-order valence-corrected chi connectivity index (χ3v) is 9.68. The van der Waals surface area contributed by atoms with E-state index >= 15 is 0 Å². The van der Waals surface area contributed by atoms with E-state index in [4.69, 9.17) is 4.55 Å². The van der Waals surface area contributed by atoms with Crippen molar-refractivity contribution < 1.29 is 26.1 Å². The van der Waals surface area contributed by atoms with Crippen molar-refractivity contribution in [2.45, 2.75) is 43.7 Å². The minimum Gasteiger partial charge on any atom is -0.282 e. The first-order valence-corrected chi connectivity index (χ1v) is 17.3. The molecule has 1 N–H and O–H groups in total. The van der Waals surface area contributed by atoms with Crippen LogP contribution in [0.15, 0.2) is 144 Å². The van der Waals surface area contributed by atoms with Crippen molar-refractivity contribution >= 4 is 10.1 Å². The van der Waals surface area contributed by atoms with Crippen LogP contribution in [0, 0.1) is 0 Å². The third-order valence-electron chi connectivity index (χ3n) is 8.77. The van der Waals surface area contributed by atoms with Gasteiger partial charge in [-0.2, -0.15) is 21.6 Å². The van der Waals surface area contributed by atoms with Crippen LogP contribution >= 0.6 is 0 Å². The van der Waals surface area contributed by atoms with Gasteiger partial charge >= 0.3 is 6.18 Å². The van der Waals surface area contributed by atoms with E-state index in [0.29, 0.717) is 12.1 Å². The number of benzene rings is 6. The van der Waals surface area contributed by atoms with Gasteiger partial charge in [-0.15, -0.1) is 0 Å². The molecule has 6 aromatic rings. The van der Waals surface area contributed by atoms with Crippen LogP contribution in [0.3, 0.4) is 0 Å². The minimum absolute atomic E-state index is 0.130. The van der Waals surface area contributed by atoms with Crippen LogP contribution in [-0.4, -0.2) is 13.0 Å². The molecule has 0 spiro atoms. The Morgan fingerprint density at radius 3 is 1.67 bits per heavy atom. The van der Waals surface area contributed by atoms with Crippen LogP contribution in [0.2, 0.25) is 0 Å². The Morgan fingerprint density at radius 2 is 1.10 bits per heavy atom. The molecule has 0 aliphatic heterocycles. The number of hydrogen-bond donors (Lipinski definition) is 1. The van der Waals surface area contributed by atoms with E-state index in [1.165, 1.54) is 61.2 Å². The molecule has 0 unspecified atom stereocenters. The maximum atomic E-state index is 12.2. The van der Waals surface area contributed by atoms with Gasteiger partial charge in [-0.05, 0) is 91.2 Å². The van der Waals surface area contributed by atoms with Gasteiger partial charge in [0, 0.05) is 0 Å². The summed E-state index contributed by atoms with van der Waals surface area (Å²) in [7, 11) is -4.84. The van der Waals surface area contributed by atoms with E-state index in [9.17, 15) is 21.6 Å². The van der Waals surface area contributed by atoms with Crippen molar-refractivity contribution in [1.29, 1.82) is 0 Å². The summed E-state index contributed by atoms with van der Waals surface area (Å²) < 4.78 is 66.2. The molecule has 0 amide bonds. The smallest absolute Gasteiger partial charge is 0.282 e. The maximum absolute atomic E-state index is 12.2. The van der Waals surface area contributed by atoms with Gasteiger partial charge in [0.05, 0.1) is 5.56 Å². The fourth-order valence-electron chi connectivity index (χ4n) is 6.41. The Morgan fingerprint density at radius 1 is 0.571 bits per heavy atom. The number of rotatable bonds is 4. The first-order valence-electron chi connectivity index (χ1n) is 15.9. The summed E-state index contributed by atoms with van der Waals surface area (Å²) in [6, 6.07) is 45.8. The quantitative estimate of drug-likeness (QED) is 0.189. The highest BCUT2D eigenvalue weighted by molar-refractivity contribution is 7.85. The fourth-order valence-corrected chi connectivity index (χ4v) is 7.12. The lowest BCUT2D eigenvalue weighted by molar-refractivity contribution is -0.140. The van der Waals surface area contributed by atoms with E-state index in [0.717, 1.165) is 18.6 Å². The summed E-state index contributed by atoms with van der Waals surface area (Å²) in [5.41, 5.74) is 13.5. The predicted octanol–water partition coefficient (Wildman–Crippen LogP) is 11.5. The zero-order valence-corrected chi connectivity index (χ0v) is 28.1. The highest BCUT2D eigenvalue weighted by Gasteiger charge is 2.36. The molecule has 0 radical (unpaired) electrons. The summed E-state index contributed by atoms with van der Waals surface area (Å²) >= 11 is 0. The largest absolute Gasteiger partial charge is 0.417 e. The average molecular weight is 677 g/mol. The predicted molar refractivity (Wildman–Crippen MR) is 191 cm³/mol. The molecule has 0 saturated carbocycles. The number of fused-ring (bicyclic) bond motifs is 3. The molecule has 0 atom stereocenters. The Kier molecular flexibility index (Phi) is 9.09. The average Bonchev–Trinajstić information content (AvgIpc) is 3.46. The Bertz CT molecular complexity index is 2220. The SMILES string of the molecule is CC(C)(C)c1ccc(-c2c3c(cc(-c4ccccc4)c2-c2ccccc2)-c2ccccc2C3)cc1.O=S(=O)(O)c1ccccc1C(F)(F)F. The summed E-state index contributed by atoms with van der Waals surface area (Å²) in [6.45, 7) is 6.84. The molecule has 3 nitrogen and oxygen atoms in total. The Hall–Kier alpha value is -4.98. The second-order valence-electron chi connectivity index (χ2n) is 13.1. The van der Waals surface area contributed by atoms with E-state index in [2.05, 4.69) is 136 Å². The molecule has 7 heteroatoms. The third kappa shape index (κ3) is 7.09. The van der Waals surface area contributed by atoms with Crippen molar-refractivity contribution in [1.82, 2.24) is 0 Å². The van der Waals surface area contributed by atoms with Crippen LogP contribution in [0.5, 0.6) is 0 Å². The van der Waals surface area contributed by atoms with E-state index in [-0.39, 0.29) is 5.41 Å². The molecule has 0 heterocycles. The molecule has 0 bridgehead atoms. The molecule has 1 aliphatic carbocycles. The van der Waals surface area contributed by atoms with Crippen molar-refractivity contribution in [2.75, 3.05) is 0 Å². The zero-order valence-electron chi connectivity index (χ0n) is 27.3. The second kappa shape index (κ2) is 13.1. The lowest BCUT2D eigenvalue weighted by Gasteiger charge is -2.23. The van der Waals surface area contributed by atoms with Crippen molar-refractivity contribution in [3.8, 4) is 44.5 Å². The highest BCUT2D eigenvalue weighted by Crippen LogP contribution is 2.50. The lowest BCUT2D eigenvalue weighted by atomic mass is 9.81. The van der Waals surface area contributed by atoms with Crippen LogP contribution in [0.25, 0.3) is 44.5 Å². The van der Waals surface area contributed by atoms with Crippen molar-refractivity contribution in [3.05, 3.63) is 162 Å². The molecular weight excluding hydrogens is 642 g/mol. The van der Waals surface area contributed by atoms with Crippen LogP contribution in [0.1, 0.15) is 43.0 Å². The molecule has 6 aromatic carbocycles. The molecular formula is C42H35F3O3S. The molecule has 1 aliphatic rings. The molecule has 0 aromatic heterocycles. The monoisotopic (exact) mass is 676 g/mol. The van der Waals surface area contributed by atoms with Gasteiger partial charge in [0.15, 0.2) is 0 Å². The van der Waals surface area contributed by atoms with Gasteiger partial charge in [-0.1, -0.05) is 142 Å². The van der Waals surface area contributed by atoms with Gasteiger partial charge in [-0.3, -0.25) is 4.55 Å². The lowest BCUT2D eigenvalue weighted by Crippen LogP contribution is -2.12. The highest BCUT2D eigenvalue weighted by atomic mass is 32.2. The van der Waals surface area contributed by atoms with Crippen LogP contribution in [-0.2, 0) is 28.1 Å². The number of hydrogen-bond acceptors (Lipinski definition) is 2. The molecule has 0 fully saturated rings. The molecule has 7 rings (SSSR count). The molecule has 248 valence electrons. The Balaban J connectivity index is 0.000000251. The minimum atomic E-state index is -4.84. The van der Waals surface area contributed by atoms with Crippen molar-refractivity contribution in [3.63, 3.8) is 0 Å². The van der Waals surface area contributed by atoms with Gasteiger partial charge in [0.1, 0.15) is 4.90 Å². The summed E-state index contributed by atoms with van der Waals surface area (Å²) in [5, 5.41) is 0. The van der Waals surface area contributed by atoms with Crippen LogP contribution < -0.4 is 0 Å². The fraction of sp³-hybridized carbons (Fsp3) is 0.143. The summed E-state index contributed by atoms with van der Waals surface area (Å²) in [6.07, 6.45) is -3.83. The normalized spacial score (nSPS) is 12.5. The zero-order chi connectivity index (χ0) is 35.0. The Labute approximate surface area is 285 Å². The second-order valence-corrected chi connectivity index (χ2v) is 14.5.